The number of primary amides is 1. The number of nitrogens with two attached hydrogens (primary N) is 1. The van der Waals surface area contributed by atoms with E-state index in [-0.39, 0.29) is 11.8 Å². The molecule has 0 aromatic heterocycles. The van der Waals surface area contributed by atoms with Gasteiger partial charge in [0.05, 0.1) is 0 Å². The number of nitrogens with zero attached hydrogens (tertiary/aromatic N) is 2. The van der Waals surface area contributed by atoms with E-state index in [1.165, 1.54) is 0 Å². The first kappa shape index (κ1) is 11.0. The van der Waals surface area contributed by atoms with Gasteiger partial charge >= 0.3 is 0 Å². The highest BCUT2D eigenvalue weighted by atomic mass is 16.2. The quantitative estimate of drug-likeness (QED) is 0.635. The van der Waals surface area contributed by atoms with E-state index in [0.717, 1.165) is 26.2 Å². The fourth-order valence-electron chi connectivity index (χ4n) is 1.55. The molecule has 0 aliphatic carbocycles. The zero-order valence-corrected chi connectivity index (χ0v) is 8.53. The molecule has 0 unspecified atom stereocenters. The maximum atomic E-state index is 11.0. The van der Waals surface area contributed by atoms with Crippen molar-refractivity contribution in [2.75, 3.05) is 32.7 Å². The summed E-state index contributed by atoms with van der Waals surface area (Å²) >= 11 is 0. The first-order valence-electron chi connectivity index (χ1n) is 4.86. The minimum atomic E-state index is -0.265. The number of amides is 2. The van der Waals surface area contributed by atoms with Crippen LogP contribution in [0.3, 0.4) is 0 Å². The molecule has 5 heteroatoms. The van der Waals surface area contributed by atoms with Gasteiger partial charge in [-0.25, -0.2) is 0 Å². The molecular formula is C9H17N3O2. The highest BCUT2D eigenvalue weighted by Crippen LogP contribution is 2.02. The smallest absolute Gasteiger partial charge is 0.219 e. The average molecular weight is 199 g/mol. The van der Waals surface area contributed by atoms with Crippen molar-refractivity contribution >= 4 is 11.8 Å². The number of rotatable bonds is 3. The largest absolute Gasteiger partial charge is 0.370 e. The zero-order chi connectivity index (χ0) is 10.6. The van der Waals surface area contributed by atoms with Crippen molar-refractivity contribution in [2.24, 2.45) is 5.73 Å². The van der Waals surface area contributed by atoms with Crippen molar-refractivity contribution < 1.29 is 9.59 Å². The lowest BCUT2D eigenvalue weighted by Crippen LogP contribution is -2.48. The molecule has 1 heterocycles. The van der Waals surface area contributed by atoms with E-state index in [9.17, 15) is 9.59 Å². The van der Waals surface area contributed by atoms with Crippen molar-refractivity contribution in [3.8, 4) is 0 Å². The molecule has 0 aromatic carbocycles. The fraction of sp³-hybridized carbons (Fsp3) is 0.778. The van der Waals surface area contributed by atoms with Crippen molar-refractivity contribution in [3.05, 3.63) is 0 Å². The van der Waals surface area contributed by atoms with Gasteiger partial charge in [0.1, 0.15) is 0 Å². The van der Waals surface area contributed by atoms with Gasteiger partial charge in [0.25, 0.3) is 0 Å². The van der Waals surface area contributed by atoms with E-state index < -0.39 is 0 Å². The summed E-state index contributed by atoms with van der Waals surface area (Å²) in [6.45, 7) is 5.49. The summed E-state index contributed by atoms with van der Waals surface area (Å²) in [5.74, 6) is -0.140. The molecule has 0 spiro atoms. The summed E-state index contributed by atoms with van der Waals surface area (Å²) in [6.07, 6.45) is 0.403. The molecule has 1 rings (SSSR count). The van der Waals surface area contributed by atoms with Crippen molar-refractivity contribution in [2.45, 2.75) is 13.3 Å². The third-order valence-corrected chi connectivity index (χ3v) is 2.49. The van der Waals surface area contributed by atoms with Crippen molar-refractivity contribution in [1.29, 1.82) is 0 Å². The Morgan fingerprint density at radius 1 is 1.21 bits per heavy atom. The lowest BCUT2D eigenvalue weighted by atomic mass is 10.3. The third-order valence-electron chi connectivity index (χ3n) is 2.49. The van der Waals surface area contributed by atoms with Crippen LogP contribution in [0.4, 0.5) is 0 Å². The standard InChI is InChI=1S/C9H17N3O2/c1-8(13)12-6-4-11(5-7-12)3-2-9(10)14/h2-7H2,1H3,(H2,10,14). The first-order valence-corrected chi connectivity index (χ1v) is 4.86. The maximum Gasteiger partial charge on any atom is 0.219 e. The van der Waals surface area contributed by atoms with Crippen LogP contribution >= 0.6 is 0 Å². The van der Waals surface area contributed by atoms with Crippen LogP contribution in [0, 0.1) is 0 Å². The van der Waals surface area contributed by atoms with Crippen LogP contribution in [-0.4, -0.2) is 54.3 Å². The van der Waals surface area contributed by atoms with E-state index in [2.05, 4.69) is 4.90 Å². The van der Waals surface area contributed by atoms with Crippen molar-refractivity contribution in [1.82, 2.24) is 9.80 Å². The van der Waals surface area contributed by atoms with Gasteiger partial charge in [-0.3, -0.25) is 14.5 Å². The molecule has 1 aliphatic rings. The minimum Gasteiger partial charge on any atom is -0.370 e. The van der Waals surface area contributed by atoms with Crippen LogP contribution in [0.15, 0.2) is 0 Å². The summed E-state index contributed by atoms with van der Waals surface area (Å²) in [7, 11) is 0. The van der Waals surface area contributed by atoms with Gasteiger partial charge in [-0.1, -0.05) is 0 Å². The van der Waals surface area contributed by atoms with Gasteiger partial charge in [-0.05, 0) is 0 Å². The van der Waals surface area contributed by atoms with Crippen LogP contribution in [0.2, 0.25) is 0 Å². The SMILES string of the molecule is CC(=O)N1CCN(CCC(N)=O)CC1. The molecule has 1 fully saturated rings. The molecular weight excluding hydrogens is 182 g/mol. The number of hydrogen-bond acceptors (Lipinski definition) is 3. The zero-order valence-electron chi connectivity index (χ0n) is 8.53. The van der Waals surface area contributed by atoms with Crippen LogP contribution in [0.5, 0.6) is 0 Å². The number of piperazine rings is 1. The van der Waals surface area contributed by atoms with Crippen LogP contribution < -0.4 is 5.73 Å². The maximum absolute atomic E-state index is 11.0. The minimum absolute atomic E-state index is 0.125. The lowest BCUT2D eigenvalue weighted by molar-refractivity contribution is -0.130. The molecule has 1 aliphatic heterocycles. The fourth-order valence-corrected chi connectivity index (χ4v) is 1.55. The van der Waals surface area contributed by atoms with Crippen LogP contribution in [0.1, 0.15) is 13.3 Å². The topological polar surface area (TPSA) is 66.6 Å². The molecule has 14 heavy (non-hydrogen) atoms. The Labute approximate surface area is 83.8 Å². The predicted octanol–water partition coefficient (Wildman–Crippen LogP) is -0.974. The van der Waals surface area contributed by atoms with Crippen LogP contribution in [0.25, 0.3) is 0 Å². The normalized spacial score (nSPS) is 18.2. The summed E-state index contributed by atoms with van der Waals surface area (Å²) in [6, 6.07) is 0. The van der Waals surface area contributed by atoms with Crippen LogP contribution in [-0.2, 0) is 9.59 Å². The monoisotopic (exact) mass is 199 g/mol. The second kappa shape index (κ2) is 4.95. The molecule has 2 amide bonds. The van der Waals surface area contributed by atoms with Gasteiger partial charge in [0.2, 0.25) is 11.8 Å². The van der Waals surface area contributed by atoms with E-state index in [1.807, 2.05) is 4.90 Å². The Kier molecular flexibility index (Phi) is 3.88. The Morgan fingerprint density at radius 3 is 2.21 bits per heavy atom. The van der Waals surface area contributed by atoms with E-state index in [0.29, 0.717) is 13.0 Å². The summed E-state index contributed by atoms with van der Waals surface area (Å²) in [5, 5.41) is 0. The average Bonchev–Trinajstić information content (AvgIpc) is 2.15. The summed E-state index contributed by atoms with van der Waals surface area (Å²) < 4.78 is 0. The highest BCUT2D eigenvalue weighted by Gasteiger charge is 2.18. The molecule has 0 bridgehead atoms. The predicted molar refractivity (Wildman–Crippen MR) is 52.5 cm³/mol. The van der Waals surface area contributed by atoms with Gasteiger partial charge in [0, 0.05) is 46.1 Å². The second-order valence-corrected chi connectivity index (χ2v) is 3.56. The number of carbonyl (C=O) groups excluding carboxylic acids is 2. The Bertz CT molecular complexity index is 222. The Morgan fingerprint density at radius 2 is 1.79 bits per heavy atom. The molecule has 2 N–H and O–H groups in total. The molecule has 1 saturated heterocycles. The first-order chi connectivity index (χ1) is 6.59. The number of hydrogen-bond donors (Lipinski definition) is 1. The van der Waals surface area contributed by atoms with Gasteiger partial charge in [-0.2, -0.15) is 0 Å². The molecule has 0 radical (unpaired) electrons. The lowest BCUT2D eigenvalue weighted by Gasteiger charge is -2.33. The van der Waals surface area contributed by atoms with E-state index in [1.54, 1.807) is 6.92 Å². The Balaban J connectivity index is 2.22. The van der Waals surface area contributed by atoms with Gasteiger partial charge in [-0.15, -0.1) is 0 Å². The molecule has 0 aromatic rings. The van der Waals surface area contributed by atoms with E-state index >= 15 is 0 Å². The van der Waals surface area contributed by atoms with E-state index in [4.69, 9.17) is 5.73 Å². The van der Waals surface area contributed by atoms with Gasteiger partial charge < -0.3 is 10.6 Å². The number of carbonyl (C=O) groups is 2. The molecule has 0 saturated carbocycles. The molecule has 5 nitrogen and oxygen atoms in total. The Hall–Kier alpha value is -1.10. The third kappa shape index (κ3) is 3.33. The molecule has 80 valence electrons. The van der Waals surface area contributed by atoms with Crippen molar-refractivity contribution in [3.63, 3.8) is 0 Å². The second-order valence-electron chi connectivity index (χ2n) is 3.56. The summed E-state index contributed by atoms with van der Waals surface area (Å²) in [4.78, 5) is 25.5. The summed E-state index contributed by atoms with van der Waals surface area (Å²) in [5.41, 5.74) is 5.06. The molecule has 0 atom stereocenters. The van der Waals surface area contributed by atoms with Gasteiger partial charge in [0.15, 0.2) is 0 Å². The highest BCUT2D eigenvalue weighted by molar-refractivity contribution is 5.74.